The molecule has 3 rings (SSSR count). The topological polar surface area (TPSA) is 57.7 Å². The molecule has 4 atom stereocenters. The Balaban J connectivity index is 1.81. The molecule has 5 nitrogen and oxygen atoms in total. The van der Waals surface area contributed by atoms with Crippen LogP contribution in [0, 0.1) is 17.7 Å². The first kappa shape index (κ1) is 23.5. The van der Waals surface area contributed by atoms with E-state index in [9.17, 15) is 17.6 Å². The summed E-state index contributed by atoms with van der Waals surface area (Å²) in [6.07, 6.45) is 3.65. The molecule has 0 spiro atoms. The molecule has 0 radical (unpaired) electrons. The minimum atomic E-state index is -3.07. The molecular weight excluding hydrogens is 427 g/mol. The standard InChI is InChI=1S/C22H32ClFN2O3S/c1-15-6-4-9-21(16(15)2)26(12-18-19(23)7-5-8-20(18)24)13-22(27)25(3)17-10-11-30(28,29)14-17/h5,7-8,15-17,21H,4,6,9-14H2,1-3H3/t15-,16+,17+,21+/m1/s1. The van der Waals surface area contributed by atoms with Crippen molar-refractivity contribution < 1.29 is 17.6 Å². The zero-order chi connectivity index (χ0) is 22.1. The number of sulfone groups is 1. The van der Waals surface area contributed by atoms with E-state index in [1.165, 1.54) is 6.07 Å². The third kappa shape index (κ3) is 5.35. The maximum absolute atomic E-state index is 14.5. The average Bonchev–Trinajstić information content (AvgIpc) is 3.05. The lowest BCUT2D eigenvalue weighted by Gasteiger charge is -2.42. The molecule has 1 saturated carbocycles. The molecule has 0 bridgehead atoms. The highest BCUT2D eigenvalue weighted by molar-refractivity contribution is 7.91. The fourth-order valence-corrected chi connectivity index (χ4v) is 6.81. The number of nitrogens with zero attached hydrogens (tertiary/aromatic N) is 2. The Morgan fingerprint density at radius 2 is 1.97 bits per heavy atom. The van der Waals surface area contributed by atoms with Crippen LogP contribution in [-0.4, -0.2) is 61.3 Å². The van der Waals surface area contributed by atoms with Gasteiger partial charge in [-0.25, -0.2) is 12.8 Å². The van der Waals surface area contributed by atoms with Gasteiger partial charge in [0.2, 0.25) is 5.91 Å². The van der Waals surface area contributed by atoms with E-state index >= 15 is 0 Å². The van der Waals surface area contributed by atoms with Crippen LogP contribution in [0.1, 0.15) is 45.1 Å². The summed E-state index contributed by atoms with van der Waals surface area (Å²) in [5.41, 5.74) is 0.406. The molecule has 0 N–H and O–H groups in total. The predicted molar refractivity (Wildman–Crippen MR) is 118 cm³/mol. The molecule has 1 heterocycles. The van der Waals surface area contributed by atoms with Crippen LogP contribution in [0.5, 0.6) is 0 Å². The molecule has 2 aliphatic rings. The van der Waals surface area contributed by atoms with E-state index in [-0.39, 0.29) is 48.4 Å². The zero-order valence-electron chi connectivity index (χ0n) is 18.0. The van der Waals surface area contributed by atoms with Gasteiger partial charge < -0.3 is 4.90 Å². The molecule has 1 amide bonds. The van der Waals surface area contributed by atoms with Crippen molar-refractivity contribution in [3.63, 3.8) is 0 Å². The van der Waals surface area contributed by atoms with E-state index in [2.05, 4.69) is 13.8 Å². The highest BCUT2D eigenvalue weighted by Gasteiger charge is 2.36. The summed E-state index contributed by atoms with van der Waals surface area (Å²) >= 11 is 6.28. The van der Waals surface area contributed by atoms with Crippen LogP contribution in [0.15, 0.2) is 18.2 Å². The van der Waals surface area contributed by atoms with Crippen LogP contribution in [0.3, 0.4) is 0 Å². The zero-order valence-corrected chi connectivity index (χ0v) is 19.6. The van der Waals surface area contributed by atoms with Crippen LogP contribution in [-0.2, 0) is 21.2 Å². The Labute approximate surface area is 184 Å². The monoisotopic (exact) mass is 458 g/mol. The highest BCUT2D eigenvalue weighted by atomic mass is 35.5. The third-order valence-electron chi connectivity index (χ3n) is 7.04. The molecule has 0 unspecified atom stereocenters. The van der Waals surface area contributed by atoms with Crippen LogP contribution in [0.4, 0.5) is 4.39 Å². The number of amides is 1. The lowest BCUT2D eigenvalue weighted by atomic mass is 9.77. The molecule has 1 aromatic carbocycles. The van der Waals surface area contributed by atoms with Gasteiger partial charge in [0.25, 0.3) is 0 Å². The second-order valence-corrected chi connectivity index (χ2v) is 11.6. The minimum Gasteiger partial charge on any atom is -0.341 e. The molecular formula is C22H32ClFN2O3S. The lowest BCUT2D eigenvalue weighted by molar-refractivity contribution is -0.134. The molecule has 168 valence electrons. The molecule has 1 saturated heterocycles. The van der Waals surface area contributed by atoms with Gasteiger partial charge >= 0.3 is 0 Å². The van der Waals surface area contributed by atoms with Gasteiger partial charge in [-0.3, -0.25) is 9.69 Å². The van der Waals surface area contributed by atoms with Crippen LogP contribution >= 0.6 is 11.6 Å². The van der Waals surface area contributed by atoms with Gasteiger partial charge in [-0.05, 0) is 36.8 Å². The summed E-state index contributed by atoms with van der Waals surface area (Å²) in [5.74, 6) is 0.540. The largest absolute Gasteiger partial charge is 0.341 e. The van der Waals surface area contributed by atoms with Gasteiger partial charge in [0, 0.05) is 36.3 Å². The number of hydrogen-bond acceptors (Lipinski definition) is 4. The van der Waals surface area contributed by atoms with E-state index in [1.807, 2.05) is 4.90 Å². The summed E-state index contributed by atoms with van der Waals surface area (Å²) in [6.45, 7) is 4.81. The maximum Gasteiger partial charge on any atom is 0.236 e. The van der Waals surface area contributed by atoms with Gasteiger partial charge in [0.1, 0.15) is 5.82 Å². The number of rotatable bonds is 6. The van der Waals surface area contributed by atoms with Crippen molar-refractivity contribution in [2.24, 2.45) is 11.8 Å². The first-order chi connectivity index (χ1) is 14.1. The van der Waals surface area contributed by atoms with Gasteiger partial charge in [0.15, 0.2) is 9.84 Å². The number of hydrogen-bond donors (Lipinski definition) is 0. The van der Waals surface area contributed by atoms with Crippen molar-refractivity contribution in [2.45, 2.75) is 58.2 Å². The summed E-state index contributed by atoms with van der Waals surface area (Å²) in [4.78, 5) is 16.7. The van der Waals surface area contributed by atoms with Gasteiger partial charge in [-0.15, -0.1) is 0 Å². The van der Waals surface area contributed by atoms with E-state index in [1.54, 1.807) is 24.1 Å². The Morgan fingerprint density at radius 1 is 1.23 bits per heavy atom. The number of carbonyl (C=O) groups excluding carboxylic acids is 1. The van der Waals surface area contributed by atoms with E-state index in [4.69, 9.17) is 11.6 Å². The second kappa shape index (κ2) is 9.53. The fraction of sp³-hybridized carbons (Fsp3) is 0.682. The molecule has 1 aliphatic heterocycles. The highest BCUT2D eigenvalue weighted by Crippen LogP contribution is 2.34. The fourth-order valence-electron chi connectivity index (χ4n) is 4.82. The summed E-state index contributed by atoms with van der Waals surface area (Å²) < 4.78 is 38.2. The van der Waals surface area contributed by atoms with Crippen molar-refractivity contribution in [2.75, 3.05) is 25.1 Å². The smallest absolute Gasteiger partial charge is 0.236 e. The Bertz CT molecular complexity index is 859. The van der Waals surface area contributed by atoms with Crippen molar-refractivity contribution in [3.05, 3.63) is 34.6 Å². The normalized spacial score (nSPS) is 28.6. The number of likely N-dealkylation sites (N-methyl/N-ethyl adjacent to an activating group) is 1. The van der Waals surface area contributed by atoms with E-state index in [0.29, 0.717) is 28.8 Å². The third-order valence-corrected chi connectivity index (χ3v) is 9.15. The maximum atomic E-state index is 14.5. The number of halogens is 2. The number of benzene rings is 1. The van der Waals surface area contributed by atoms with Crippen LogP contribution in [0.2, 0.25) is 5.02 Å². The van der Waals surface area contributed by atoms with Crippen molar-refractivity contribution in [1.82, 2.24) is 9.80 Å². The van der Waals surface area contributed by atoms with Gasteiger partial charge in [-0.2, -0.15) is 0 Å². The Kier molecular flexibility index (Phi) is 7.46. The molecule has 2 fully saturated rings. The number of carbonyl (C=O) groups is 1. The van der Waals surface area contributed by atoms with Crippen LogP contribution < -0.4 is 0 Å². The lowest BCUT2D eigenvalue weighted by Crippen LogP contribution is -2.50. The van der Waals surface area contributed by atoms with Crippen molar-refractivity contribution in [1.29, 1.82) is 0 Å². The van der Waals surface area contributed by atoms with E-state index < -0.39 is 9.84 Å². The molecule has 0 aromatic heterocycles. The van der Waals surface area contributed by atoms with Crippen molar-refractivity contribution >= 4 is 27.3 Å². The van der Waals surface area contributed by atoms with Gasteiger partial charge in [-0.1, -0.05) is 44.4 Å². The summed E-state index contributed by atoms with van der Waals surface area (Å²) in [6, 6.07) is 4.50. The summed E-state index contributed by atoms with van der Waals surface area (Å²) in [5, 5.41) is 0.360. The van der Waals surface area contributed by atoms with Gasteiger partial charge in [0.05, 0.1) is 18.1 Å². The Morgan fingerprint density at radius 3 is 2.60 bits per heavy atom. The molecule has 30 heavy (non-hydrogen) atoms. The first-order valence-corrected chi connectivity index (χ1v) is 12.9. The minimum absolute atomic E-state index is 0.0191. The van der Waals surface area contributed by atoms with Crippen LogP contribution in [0.25, 0.3) is 0 Å². The predicted octanol–water partition coefficient (Wildman–Crippen LogP) is 3.75. The Hall–Kier alpha value is -1.18. The second-order valence-electron chi connectivity index (χ2n) is 9.00. The van der Waals surface area contributed by atoms with E-state index in [0.717, 1.165) is 19.3 Å². The summed E-state index contributed by atoms with van der Waals surface area (Å²) in [7, 11) is -1.40. The molecule has 1 aliphatic carbocycles. The quantitative estimate of drug-likeness (QED) is 0.651. The molecule has 1 aromatic rings. The van der Waals surface area contributed by atoms with Crippen molar-refractivity contribution in [3.8, 4) is 0 Å². The molecule has 8 heteroatoms. The SMILES string of the molecule is C[C@H]1[C@H](C)CCC[C@@H]1N(CC(=O)N(C)[C@H]1CCS(=O)(=O)C1)Cc1c(F)cccc1Cl. The first-order valence-electron chi connectivity index (χ1n) is 10.7. The average molecular weight is 459 g/mol.